The molecule has 0 aromatic heterocycles. The van der Waals surface area contributed by atoms with E-state index in [1.165, 1.54) is 12.2 Å². The average Bonchev–Trinajstić information content (AvgIpc) is 3.09. The summed E-state index contributed by atoms with van der Waals surface area (Å²) in [6.07, 6.45) is 4.00. The Balaban J connectivity index is 1.64. The molecule has 8 atom stereocenters. The molecule has 4 aliphatic carbocycles. The highest BCUT2D eigenvalue weighted by Gasteiger charge is 2.79. The lowest BCUT2D eigenvalue weighted by Gasteiger charge is -2.62. The van der Waals surface area contributed by atoms with Crippen LogP contribution in [-0.4, -0.2) is 57.7 Å². The molecule has 5 aliphatic rings. The standard InChI is InChI=1S/C24H31FO6/c1-20(2)30-19-10-16-15-6-5-13-9-14(27)7-8-21(13,3)23(15,25)17(28)11-22(16,4)24(19,31-20)18(29)12-26/h7-9,15-17,19,26,28H,5-6,10-12H2,1-4H3/t15?,16?,17-,19+,21-,22-,23-,24+/m0/s1/i20-1. The number of hydrogen-bond acceptors (Lipinski definition) is 6. The quantitative estimate of drug-likeness (QED) is 0.695. The van der Waals surface area contributed by atoms with Crippen molar-refractivity contribution in [3.05, 3.63) is 23.8 Å². The molecule has 0 bridgehead atoms. The third-order valence-corrected chi connectivity index (χ3v) is 9.19. The van der Waals surface area contributed by atoms with Crippen LogP contribution in [0.4, 0.5) is 4.39 Å². The molecule has 0 amide bonds. The highest BCUT2D eigenvalue weighted by molar-refractivity contribution is 6.01. The summed E-state index contributed by atoms with van der Waals surface area (Å²) in [5.74, 6) is -2.46. The molecular weight excluding hydrogens is 402 g/mol. The van der Waals surface area contributed by atoms with Gasteiger partial charge in [-0.1, -0.05) is 18.6 Å². The Morgan fingerprint density at radius 2 is 1.97 bits per heavy atom. The van der Waals surface area contributed by atoms with Crippen LogP contribution in [0.1, 0.15) is 53.4 Å². The zero-order valence-electron chi connectivity index (χ0n) is 18.5. The van der Waals surface area contributed by atoms with Crippen LogP contribution in [0, 0.1) is 22.7 Å². The van der Waals surface area contributed by atoms with E-state index in [1.807, 2.05) is 6.92 Å². The second-order valence-electron chi connectivity index (χ2n) is 10.9. The van der Waals surface area contributed by atoms with Gasteiger partial charge in [-0.3, -0.25) is 9.59 Å². The van der Waals surface area contributed by atoms with Crippen LogP contribution in [-0.2, 0) is 19.1 Å². The van der Waals surface area contributed by atoms with E-state index in [1.54, 1.807) is 26.8 Å². The summed E-state index contributed by atoms with van der Waals surface area (Å²) in [5.41, 5.74) is -4.66. The molecule has 1 heterocycles. The maximum absolute atomic E-state index is 17.1. The molecule has 0 spiro atoms. The summed E-state index contributed by atoms with van der Waals surface area (Å²) in [7, 11) is 0. The Hall–Kier alpha value is -1.41. The van der Waals surface area contributed by atoms with Crippen molar-refractivity contribution in [1.29, 1.82) is 0 Å². The first kappa shape index (κ1) is 21.4. The van der Waals surface area contributed by atoms with Crippen molar-refractivity contribution < 1.29 is 33.7 Å². The second kappa shape index (κ2) is 6.13. The number of halogens is 1. The summed E-state index contributed by atoms with van der Waals surface area (Å²) < 4.78 is 29.5. The number of carbonyl (C=O) groups excluding carboxylic acids is 2. The van der Waals surface area contributed by atoms with Gasteiger partial charge < -0.3 is 19.7 Å². The number of aliphatic hydroxyl groups is 2. The fraction of sp³-hybridized carbons (Fsp3) is 0.750. The summed E-state index contributed by atoms with van der Waals surface area (Å²) >= 11 is 0. The Labute approximate surface area is 181 Å². The third-order valence-electron chi connectivity index (χ3n) is 9.19. The van der Waals surface area contributed by atoms with Gasteiger partial charge in [0.2, 0.25) is 0 Å². The van der Waals surface area contributed by atoms with Gasteiger partial charge in [0.1, 0.15) is 6.61 Å². The minimum Gasteiger partial charge on any atom is -0.390 e. The number of carbonyl (C=O) groups is 2. The van der Waals surface area contributed by atoms with E-state index in [0.29, 0.717) is 19.3 Å². The minimum atomic E-state index is -1.98. The highest BCUT2D eigenvalue weighted by atomic mass is 19.1. The number of fused-ring (bicyclic) bond motifs is 7. The molecule has 1 aliphatic heterocycles. The Kier molecular flexibility index (Phi) is 4.24. The Morgan fingerprint density at radius 1 is 1.26 bits per heavy atom. The predicted octanol–water partition coefficient (Wildman–Crippen LogP) is 2.42. The van der Waals surface area contributed by atoms with Crippen LogP contribution < -0.4 is 0 Å². The number of Topliss-reactive ketones (excluding diaryl/α,β-unsaturated/α-hetero) is 1. The zero-order chi connectivity index (χ0) is 22.6. The molecule has 1 saturated heterocycles. The van der Waals surface area contributed by atoms with Gasteiger partial charge in [-0.2, -0.15) is 0 Å². The summed E-state index contributed by atoms with van der Waals surface area (Å²) in [6, 6.07) is 0. The fourth-order valence-electron chi connectivity index (χ4n) is 7.93. The first-order valence-corrected chi connectivity index (χ1v) is 11.2. The van der Waals surface area contributed by atoms with Crippen LogP contribution in [0.15, 0.2) is 23.8 Å². The fourth-order valence-corrected chi connectivity index (χ4v) is 7.93. The average molecular weight is 434 g/mol. The largest absolute Gasteiger partial charge is 0.390 e. The predicted molar refractivity (Wildman–Crippen MR) is 109 cm³/mol. The van der Waals surface area contributed by atoms with Gasteiger partial charge in [0.05, 0.1) is 12.2 Å². The molecule has 0 aromatic carbocycles. The van der Waals surface area contributed by atoms with Gasteiger partial charge in [-0.25, -0.2) is 4.39 Å². The van der Waals surface area contributed by atoms with E-state index in [-0.39, 0.29) is 18.1 Å². The number of hydrogen-bond donors (Lipinski definition) is 2. The van der Waals surface area contributed by atoms with Crippen molar-refractivity contribution >= 4 is 11.6 Å². The lowest BCUT2D eigenvalue weighted by molar-refractivity contribution is -0.246. The molecule has 31 heavy (non-hydrogen) atoms. The molecular formula is C24H31FO6. The number of ether oxygens (including phenoxy) is 2. The van der Waals surface area contributed by atoms with Crippen molar-refractivity contribution in [2.45, 2.75) is 82.6 Å². The van der Waals surface area contributed by atoms with E-state index in [0.717, 1.165) is 5.57 Å². The normalized spacial score (nSPS) is 52.1. The molecule has 0 radical (unpaired) electrons. The molecule has 3 saturated carbocycles. The summed E-state index contributed by atoms with van der Waals surface area (Å²) in [4.78, 5) is 25.1. The topological polar surface area (TPSA) is 93.1 Å². The van der Waals surface area contributed by atoms with Crippen molar-refractivity contribution in [1.82, 2.24) is 0 Å². The van der Waals surface area contributed by atoms with E-state index in [4.69, 9.17) is 9.47 Å². The van der Waals surface area contributed by atoms with Crippen molar-refractivity contribution in [2.75, 3.05) is 6.61 Å². The van der Waals surface area contributed by atoms with E-state index < -0.39 is 58.4 Å². The van der Waals surface area contributed by atoms with Gasteiger partial charge >= 0.3 is 0 Å². The lowest BCUT2D eigenvalue weighted by atomic mass is 9.44. The SMILES string of the molecule is C[C@]12C=CC(=O)C=C1CCC1C3C[C@H]4O[11C](C)(C)O[C@@]4(C(=O)CO)[C@@]3(C)C[C@H](O)[C@@]12F. The van der Waals surface area contributed by atoms with Gasteiger partial charge in [0.15, 0.2) is 28.6 Å². The van der Waals surface area contributed by atoms with Gasteiger partial charge in [-0.15, -0.1) is 0 Å². The number of alkyl halides is 1. The van der Waals surface area contributed by atoms with E-state index >= 15 is 4.39 Å². The first-order chi connectivity index (χ1) is 14.4. The monoisotopic (exact) mass is 433 g/mol. The molecule has 6 nitrogen and oxygen atoms in total. The van der Waals surface area contributed by atoms with Crippen molar-refractivity contribution in [3.63, 3.8) is 0 Å². The van der Waals surface area contributed by atoms with Gasteiger partial charge in [0, 0.05) is 16.7 Å². The summed E-state index contributed by atoms with van der Waals surface area (Å²) in [5, 5.41) is 21.2. The van der Waals surface area contributed by atoms with Crippen molar-refractivity contribution in [3.8, 4) is 0 Å². The van der Waals surface area contributed by atoms with E-state index in [2.05, 4.69) is 0 Å². The number of ketones is 2. The third kappa shape index (κ3) is 2.31. The van der Waals surface area contributed by atoms with E-state index in [9.17, 15) is 19.8 Å². The lowest BCUT2D eigenvalue weighted by Crippen LogP contribution is -2.70. The smallest absolute Gasteiger partial charge is 0.193 e. The molecule has 4 fully saturated rings. The molecule has 0 aromatic rings. The van der Waals surface area contributed by atoms with Gasteiger partial charge in [0.25, 0.3) is 0 Å². The zero-order valence-corrected chi connectivity index (χ0v) is 18.5. The van der Waals surface area contributed by atoms with Crippen LogP contribution in [0.5, 0.6) is 0 Å². The van der Waals surface area contributed by atoms with Crippen LogP contribution in [0.25, 0.3) is 0 Å². The van der Waals surface area contributed by atoms with Crippen LogP contribution >= 0.6 is 0 Å². The first-order valence-electron chi connectivity index (χ1n) is 11.2. The molecule has 7 heteroatoms. The number of allylic oxidation sites excluding steroid dienone is 4. The minimum absolute atomic E-state index is 0.0109. The summed E-state index contributed by atoms with van der Waals surface area (Å²) in [6.45, 7) is 6.41. The molecule has 2 unspecified atom stereocenters. The van der Waals surface area contributed by atoms with Crippen LogP contribution in [0.2, 0.25) is 0 Å². The number of aliphatic hydroxyl groups excluding tert-OH is 2. The maximum atomic E-state index is 17.1. The Morgan fingerprint density at radius 3 is 2.65 bits per heavy atom. The highest BCUT2D eigenvalue weighted by Crippen LogP contribution is 2.72. The second-order valence-corrected chi connectivity index (χ2v) is 10.9. The van der Waals surface area contributed by atoms with Crippen molar-refractivity contribution in [2.24, 2.45) is 22.7 Å². The van der Waals surface area contributed by atoms with Gasteiger partial charge in [-0.05, 0) is 64.5 Å². The number of rotatable bonds is 2. The molecule has 5 rings (SSSR count). The molecule has 2 N–H and O–H groups in total. The molecule has 170 valence electrons. The maximum Gasteiger partial charge on any atom is 0.193 e. The Bertz CT molecular complexity index is 925. The van der Waals surface area contributed by atoms with Crippen LogP contribution in [0.3, 0.4) is 0 Å².